The summed E-state index contributed by atoms with van der Waals surface area (Å²) in [5.74, 6) is 2.41. The minimum atomic E-state index is -4.41. The van der Waals surface area contributed by atoms with E-state index in [1.54, 1.807) is 0 Å². The molecule has 0 heterocycles. The molecule has 31 heavy (non-hydrogen) atoms. The van der Waals surface area contributed by atoms with Crippen molar-refractivity contribution in [3.8, 4) is 0 Å². The van der Waals surface area contributed by atoms with Gasteiger partial charge in [-0.25, -0.2) is 8.42 Å². The summed E-state index contributed by atoms with van der Waals surface area (Å²) in [4.78, 5) is 23.8. The molecule has 0 aliphatic heterocycles. The summed E-state index contributed by atoms with van der Waals surface area (Å²) >= 11 is 0. The second-order valence-electron chi connectivity index (χ2n) is 10.00. The lowest BCUT2D eigenvalue weighted by atomic mass is 9.47. The van der Waals surface area contributed by atoms with Crippen LogP contribution in [0.15, 0.2) is 11.6 Å². The highest BCUT2D eigenvalue weighted by Crippen LogP contribution is 2.65. The van der Waals surface area contributed by atoms with E-state index in [9.17, 15) is 22.6 Å². The number of rotatable bonds is 3. The summed E-state index contributed by atoms with van der Waals surface area (Å²) in [6.07, 6.45) is 11.3. The lowest BCUT2D eigenvalue weighted by Gasteiger charge is -2.57. The fraction of sp³-hybridized carbons (Fsp3) is 0.826. The SMILES string of the molecule is CCC(=O)O[C@H]1CC[C@H]2[C@@H]3CCC4=CC(=O)CC[C@]4(C)[C@H]3CC[C@]12C.COS(=O)(=O)[O-]. The van der Waals surface area contributed by atoms with Crippen LogP contribution in [0.4, 0.5) is 0 Å². The highest BCUT2D eigenvalue weighted by Gasteiger charge is 2.59. The average molecular weight is 456 g/mol. The number of ketones is 1. The maximum Gasteiger partial charge on any atom is 0.305 e. The number of ether oxygens (including phenoxy) is 1. The summed E-state index contributed by atoms with van der Waals surface area (Å²) in [5.41, 5.74) is 1.82. The van der Waals surface area contributed by atoms with Crippen molar-refractivity contribution in [3.05, 3.63) is 11.6 Å². The Morgan fingerprint density at radius 3 is 2.42 bits per heavy atom. The van der Waals surface area contributed by atoms with Gasteiger partial charge >= 0.3 is 5.97 Å². The van der Waals surface area contributed by atoms with Crippen molar-refractivity contribution in [1.82, 2.24) is 0 Å². The Hall–Kier alpha value is -1.25. The van der Waals surface area contributed by atoms with E-state index >= 15 is 0 Å². The molecule has 3 saturated carbocycles. The first-order valence-corrected chi connectivity index (χ1v) is 12.7. The van der Waals surface area contributed by atoms with Crippen LogP contribution >= 0.6 is 0 Å². The number of hydrogen-bond donors (Lipinski definition) is 0. The quantitative estimate of drug-likeness (QED) is 0.360. The molecular weight excluding hydrogens is 420 g/mol. The molecule has 4 rings (SSSR count). The molecule has 0 radical (unpaired) electrons. The predicted molar refractivity (Wildman–Crippen MR) is 114 cm³/mol. The van der Waals surface area contributed by atoms with Gasteiger partial charge in [0.15, 0.2) is 5.78 Å². The standard InChI is InChI=1S/C22H32O3.CH4O4S/c1-4-20(24)25-19-8-7-17-16-6-5-14-13-15(23)9-11-21(14,2)18(16)10-12-22(17,19)3;1-5-6(2,3)4/h13,16-19H,4-12H2,1-3H3;1H3,(H,2,3,4)/p-1/t16-,17-,18-,19-,21-,22-;/m0./s1. The summed E-state index contributed by atoms with van der Waals surface area (Å²) in [7, 11) is -3.60. The van der Waals surface area contributed by atoms with Crippen LogP contribution in [0.3, 0.4) is 0 Å². The third kappa shape index (κ3) is 4.76. The third-order valence-electron chi connectivity index (χ3n) is 8.64. The Bertz CT molecular complexity index is 848. The van der Waals surface area contributed by atoms with Crippen molar-refractivity contribution in [3.63, 3.8) is 0 Å². The van der Waals surface area contributed by atoms with Crippen molar-refractivity contribution in [2.45, 2.75) is 84.7 Å². The molecule has 0 spiro atoms. The molecule has 6 atom stereocenters. The molecule has 0 bridgehead atoms. The van der Waals surface area contributed by atoms with E-state index in [0.717, 1.165) is 45.1 Å². The Morgan fingerprint density at radius 1 is 1.13 bits per heavy atom. The van der Waals surface area contributed by atoms with Gasteiger partial charge in [0.05, 0.1) is 7.11 Å². The predicted octanol–water partition coefficient (Wildman–Crippen LogP) is 3.93. The summed E-state index contributed by atoms with van der Waals surface area (Å²) in [6, 6.07) is 0. The first-order valence-electron chi connectivity index (χ1n) is 11.4. The van der Waals surface area contributed by atoms with Gasteiger partial charge in [0.1, 0.15) is 6.10 Å². The van der Waals surface area contributed by atoms with Gasteiger partial charge in [-0.1, -0.05) is 26.3 Å². The Kier molecular flexibility index (Phi) is 7.04. The van der Waals surface area contributed by atoms with E-state index in [-0.39, 0.29) is 22.9 Å². The number of allylic oxidation sites excluding steroid dienone is 1. The van der Waals surface area contributed by atoms with Crippen LogP contribution in [0.25, 0.3) is 0 Å². The fourth-order valence-corrected chi connectivity index (χ4v) is 6.95. The number of hydrogen-bond acceptors (Lipinski definition) is 7. The first kappa shape index (κ1) is 24.4. The van der Waals surface area contributed by atoms with Gasteiger partial charge in [0.25, 0.3) is 0 Å². The second kappa shape index (κ2) is 8.94. The van der Waals surface area contributed by atoms with Crippen LogP contribution in [0, 0.1) is 28.6 Å². The average Bonchev–Trinajstić information content (AvgIpc) is 3.04. The summed E-state index contributed by atoms with van der Waals surface area (Å²) in [5, 5.41) is 0. The summed E-state index contributed by atoms with van der Waals surface area (Å²) in [6.45, 7) is 6.69. The normalized spacial score (nSPS) is 39.3. The highest BCUT2D eigenvalue weighted by molar-refractivity contribution is 7.80. The topological polar surface area (TPSA) is 110 Å². The van der Waals surface area contributed by atoms with Gasteiger partial charge in [-0.2, -0.15) is 0 Å². The first-order chi connectivity index (χ1) is 14.4. The molecule has 0 aromatic heterocycles. The minimum Gasteiger partial charge on any atom is -0.726 e. The minimum absolute atomic E-state index is 0.0411. The van der Waals surface area contributed by atoms with E-state index in [2.05, 4.69) is 18.0 Å². The number of fused-ring (bicyclic) bond motifs is 5. The van der Waals surface area contributed by atoms with Crippen LogP contribution in [0.2, 0.25) is 0 Å². The lowest BCUT2D eigenvalue weighted by molar-refractivity contribution is -0.159. The van der Waals surface area contributed by atoms with Crippen molar-refractivity contribution in [2.24, 2.45) is 28.6 Å². The van der Waals surface area contributed by atoms with Crippen molar-refractivity contribution >= 4 is 22.2 Å². The number of esters is 1. The molecule has 7 nitrogen and oxygen atoms in total. The molecule has 4 aliphatic carbocycles. The zero-order chi connectivity index (χ0) is 23.0. The van der Waals surface area contributed by atoms with E-state index in [1.165, 1.54) is 24.8 Å². The molecule has 176 valence electrons. The number of carbonyl (C=O) groups is 2. The van der Waals surface area contributed by atoms with E-state index in [0.29, 0.717) is 24.0 Å². The molecule has 0 aromatic rings. The van der Waals surface area contributed by atoms with Crippen LogP contribution in [0.5, 0.6) is 0 Å². The largest absolute Gasteiger partial charge is 0.726 e. The molecule has 8 heteroatoms. The van der Waals surface area contributed by atoms with E-state index < -0.39 is 10.4 Å². The Balaban J connectivity index is 0.000000401. The van der Waals surface area contributed by atoms with Crippen molar-refractivity contribution < 1.29 is 31.5 Å². The lowest BCUT2D eigenvalue weighted by Crippen LogP contribution is -2.51. The zero-order valence-corrected chi connectivity index (χ0v) is 19.8. The van der Waals surface area contributed by atoms with Crippen LogP contribution in [-0.4, -0.2) is 37.9 Å². The monoisotopic (exact) mass is 455 g/mol. The van der Waals surface area contributed by atoms with Crippen molar-refractivity contribution in [2.75, 3.05) is 7.11 Å². The van der Waals surface area contributed by atoms with E-state index in [1.807, 2.05) is 13.0 Å². The fourth-order valence-electron chi connectivity index (χ4n) is 6.95. The molecule has 0 saturated heterocycles. The molecular formula is C23H35O7S-. The Labute approximate surface area is 185 Å². The van der Waals surface area contributed by atoms with Gasteiger partial charge < -0.3 is 9.29 Å². The van der Waals surface area contributed by atoms with Crippen molar-refractivity contribution in [1.29, 1.82) is 0 Å². The Morgan fingerprint density at radius 2 is 1.81 bits per heavy atom. The molecule has 3 fully saturated rings. The smallest absolute Gasteiger partial charge is 0.305 e. The summed E-state index contributed by atoms with van der Waals surface area (Å²) < 4.78 is 36.9. The third-order valence-corrected chi connectivity index (χ3v) is 9.05. The van der Waals surface area contributed by atoms with Crippen LogP contribution < -0.4 is 0 Å². The van der Waals surface area contributed by atoms with E-state index in [4.69, 9.17) is 4.74 Å². The second-order valence-corrected chi connectivity index (χ2v) is 11.1. The number of carbonyl (C=O) groups excluding carboxylic acids is 2. The van der Waals surface area contributed by atoms with Gasteiger partial charge in [0.2, 0.25) is 10.4 Å². The zero-order valence-electron chi connectivity index (χ0n) is 19.0. The molecule has 0 N–H and O–H groups in total. The maximum atomic E-state index is 11.9. The van der Waals surface area contributed by atoms with Gasteiger partial charge in [-0.05, 0) is 74.2 Å². The van der Waals surface area contributed by atoms with Gasteiger partial charge in [-0.3, -0.25) is 13.8 Å². The van der Waals surface area contributed by atoms with Crippen LogP contribution in [-0.2, 0) is 28.9 Å². The van der Waals surface area contributed by atoms with Gasteiger partial charge in [0, 0.05) is 18.3 Å². The molecule has 4 aliphatic rings. The highest BCUT2D eigenvalue weighted by atomic mass is 32.3. The van der Waals surface area contributed by atoms with Crippen LogP contribution in [0.1, 0.15) is 78.6 Å². The molecule has 0 unspecified atom stereocenters. The maximum absolute atomic E-state index is 11.9. The molecule has 0 amide bonds. The van der Waals surface area contributed by atoms with Gasteiger partial charge in [-0.15, -0.1) is 0 Å². The molecule has 0 aromatic carbocycles.